The fourth-order valence-corrected chi connectivity index (χ4v) is 11.7. The van der Waals surface area contributed by atoms with Crippen LogP contribution in [0.15, 0.2) is 79.9 Å². The topological polar surface area (TPSA) is 189 Å². The molecule has 0 aromatic carbocycles. The molecule has 0 spiro atoms. The predicted molar refractivity (Wildman–Crippen MR) is 362 cm³/mol. The zero-order valence-corrected chi connectivity index (χ0v) is 56.1. The first kappa shape index (κ1) is 70.6. The number of hydrogen-bond acceptors (Lipinski definition) is 17. The molecule has 91 heavy (non-hydrogen) atoms. The van der Waals surface area contributed by atoms with Crippen LogP contribution in [0.3, 0.4) is 0 Å². The van der Waals surface area contributed by atoms with Crippen molar-refractivity contribution in [3.63, 3.8) is 0 Å². The number of nitrogens with one attached hydrogen (secondary N) is 1. The lowest BCUT2D eigenvalue weighted by Crippen LogP contribution is -2.20. The molecule has 0 fully saturated rings. The summed E-state index contributed by atoms with van der Waals surface area (Å²) in [5.74, 6) is 10.9. The standard InChI is InChI=1S/C12H17N.3C11H15NO.C10H14N2O.C10H13NO2.C8H10N2O2.CH4/c1-9(2)10-7-8-13-12-6-4-3-5-11(10)12;1-8(2)9-5-6-12-10-4-3-7-13-11(9)10;2*1-8(2)9-5-6-12-11-10(9)4-3-7-13-11;1-7(2)8-3-4-11-10-9(8)13-6-5-12-10;1-7(2)8-3-4-11-10-9(8)12-5-6-13-10;1-5(2)6-7-8(10-3-9-6)12-4-11-7;/h7-9H,3-6H2,1-2H3;3*5-6,8H,3-4,7H2,1-2H3;3-4,7H,5-6H2,1-2H3,(H,11,12);3-4,7H,5-6H2,1-2H3;3,5H,4H2,1-2H3;1H4. The summed E-state index contributed by atoms with van der Waals surface area (Å²) in [6, 6.07) is 12.5. The average Bonchev–Trinajstić information content (AvgIpc) is 2.95. The molecule has 0 saturated carbocycles. The molecule has 14 rings (SSSR count). The number of ether oxygens (including phenoxy) is 8. The van der Waals surface area contributed by atoms with Crippen molar-refractivity contribution in [3.8, 4) is 46.5 Å². The van der Waals surface area contributed by atoms with E-state index in [9.17, 15) is 0 Å². The van der Waals surface area contributed by atoms with Crippen molar-refractivity contribution >= 4 is 5.82 Å². The third kappa shape index (κ3) is 19.1. The van der Waals surface area contributed by atoms with Crippen molar-refractivity contribution in [1.82, 2.24) is 39.9 Å². The first-order valence-electron chi connectivity index (χ1n) is 33.0. The van der Waals surface area contributed by atoms with Gasteiger partial charge >= 0.3 is 0 Å². The Balaban J connectivity index is 0.000000151. The fourth-order valence-electron chi connectivity index (χ4n) is 11.7. The third-order valence-electron chi connectivity index (χ3n) is 16.3. The normalized spacial score (nSPS) is 14.9. The lowest BCUT2D eigenvalue weighted by atomic mass is 9.88. The number of aromatic nitrogens is 8. The number of rotatable bonds is 7. The average molecular weight is 1250 g/mol. The van der Waals surface area contributed by atoms with Gasteiger partial charge in [0.25, 0.3) is 11.8 Å². The number of hydrogen-bond donors (Lipinski definition) is 1. The van der Waals surface area contributed by atoms with Crippen molar-refractivity contribution < 1.29 is 37.9 Å². The Hall–Kier alpha value is -7.82. The Bertz CT molecular complexity index is 2900. The molecule has 1 aliphatic carbocycles. The summed E-state index contributed by atoms with van der Waals surface area (Å²) in [6.07, 6.45) is 24.4. The summed E-state index contributed by atoms with van der Waals surface area (Å²) in [7, 11) is 0. The monoisotopic (exact) mass is 1250 g/mol. The van der Waals surface area contributed by atoms with Crippen molar-refractivity contribution in [2.75, 3.05) is 58.3 Å². The van der Waals surface area contributed by atoms with E-state index >= 15 is 0 Å². The second-order valence-corrected chi connectivity index (χ2v) is 25.4. The van der Waals surface area contributed by atoms with E-state index in [1.54, 1.807) is 11.8 Å². The van der Waals surface area contributed by atoms with Crippen molar-refractivity contribution in [2.45, 2.75) is 210 Å². The Labute approximate surface area is 543 Å². The van der Waals surface area contributed by atoms with Crippen molar-refractivity contribution in [1.29, 1.82) is 0 Å². The number of aryl methyl sites for hydroxylation is 2. The number of pyridine rings is 6. The lowest BCUT2D eigenvalue weighted by Gasteiger charge is -2.21. The summed E-state index contributed by atoms with van der Waals surface area (Å²) in [5.41, 5.74) is 15.6. The minimum Gasteiger partial charge on any atom is -0.491 e. The lowest BCUT2D eigenvalue weighted by molar-refractivity contribution is 0.162. The summed E-state index contributed by atoms with van der Waals surface area (Å²) in [5, 5.41) is 3.22. The molecule has 0 radical (unpaired) electrons. The maximum atomic E-state index is 5.65. The van der Waals surface area contributed by atoms with Gasteiger partial charge in [-0.3, -0.25) is 9.97 Å². The second-order valence-electron chi connectivity index (χ2n) is 25.4. The third-order valence-corrected chi connectivity index (χ3v) is 16.3. The van der Waals surface area contributed by atoms with Crippen LogP contribution in [-0.4, -0.2) is 92.9 Å². The minimum atomic E-state index is 0. The predicted octanol–water partition coefficient (Wildman–Crippen LogP) is 16.6. The SMILES string of the molecule is C.CC(C)c1ccnc2c1CCCC2.CC(C)c1ccnc2c1CCCO2.CC(C)c1ccnc2c1CCCO2.CC(C)c1ccnc2c1OCCC2.CC(C)c1ccnc2c1OCCN2.CC(C)c1ccnc2c1OCCO2.CC(C)c1ncnc2c1OCO2. The van der Waals surface area contributed by atoms with Crippen molar-refractivity contribution in [2.24, 2.45) is 0 Å². The van der Waals surface area contributed by atoms with Gasteiger partial charge in [-0.05, 0) is 164 Å². The molecule has 7 aromatic heterocycles. The maximum Gasteiger partial charge on any atom is 0.263 e. The highest BCUT2D eigenvalue weighted by Crippen LogP contribution is 2.39. The smallest absolute Gasteiger partial charge is 0.263 e. The Morgan fingerprint density at radius 3 is 1.33 bits per heavy atom. The molecule has 7 aliphatic rings. The molecule has 13 heterocycles. The Morgan fingerprint density at radius 2 is 0.736 bits per heavy atom. The fraction of sp³-hybridized carbons (Fsp3) is 0.541. The van der Waals surface area contributed by atoms with E-state index in [-0.39, 0.29) is 14.2 Å². The molecule has 0 amide bonds. The van der Waals surface area contributed by atoms with Gasteiger partial charge in [0.1, 0.15) is 31.9 Å². The zero-order valence-electron chi connectivity index (χ0n) is 56.1. The van der Waals surface area contributed by atoms with Gasteiger partial charge in [0.05, 0.1) is 37.8 Å². The highest BCUT2D eigenvalue weighted by Gasteiger charge is 2.24. The van der Waals surface area contributed by atoms with Gasteiger partial charge in [-0.2, -0.15) is 4.98 Å². The molecule has 0 saturated heterocycles. The summed E-state index contributed by atoms with van der Waals surface area (Å²) in [6.45, 7) is 36.0. The van der Waals surface area contributed by atoms with E-state index in [0.29, 0.717) is 72.1 Å². The molecule has 7 aromatic rings. The molecule has 492 valence electrons. The van der Waals surface area contributed by atoms with Crippen LogP contribution in [0.1, 0.15) is 245 Å². The molecular formula is C74H103N9O8. The van der Waals surface area contributed by atoms with Gasteiger partial charge in [0.15, 0.2) is 17.3 Å². The van der Waals surface area contributed by atoms with Gasteiger partial charge in [0.2, 0.25) is 24.3 Å². The summed E-state index contributed by atoms with van der Waals surface area (Å²) < 4.78 is 43.5. The van der Waals surface area contributed by atoms with Crippen LogP contribution in [0.25, 0.3) is 0 Å². The largest absolute Gasteiger partial charge is 0.491 e. The molecule has 1 N–H and O–H groups in total. The van der Waals surface area contributed by atoms with Crippen LogP contribution < -0.4 is 43.2 Å². The molecular weight excluding hydrogens is 1140 g/mol. The Morgan fingerprint density at radius 1 is 0.319 bits per heavy atom. The molecule has 0 unspecified atom stereocenters. The molecule has 0 bridgehead atoms. The van der Waals surface area contributed by atoms with Gasteiger partial charge in [-0.15, -0.1) is 0 Å². The van der Waals surface area contributed by atoms with Crippen LogP contribution >= 0.6 is 0 Å². The summed E-state index contributed by atoms with van der Waals surface area (Å²) in [4.78, 5) is 33.7. The van der Waals surface area contributed by atoms with E-state index in [0.717, 1.165) is 118 Å². The van der Waals surface area contributed by atoms with Crippen molar-refractivity contribution in [3.05, 3.63) is 147 Å². The van der Waals surface area contributed by atoms with E-state index in [1.165, 1.54) is 82.2 Å². The maximum absolute atomic E-state index is 5.65. The van der Waals surface area contributed by atoms with Crippen LogP contribution in [0.5, 0.6) is 46.5 Å². The Kier molecular flexibility index (Phi) is 27.3. The van der Waals surface area contributed by atoms with Gasteiger partial charge in [-0.1, -0.05) is 104 Å². The first-order valence-corrected chi connectivity index (χ1v) is 33.0. The van der Waals surface area contributed by atoms with Gasteiger partial charge in [0, 0.05) is 70.7 Å². The molecule has 17 heteroatoms. The quantitative estimate of drug-likeness (QED) is 0.158. The zero-order chi connectivity index (χ0) is 64.1. The first-order chi connectivity index (χ1) is 43.5. The molecule has 6 aliphatic heterocycles. The van der Waals surface area contributed by atoms with Crippen LogP contribution in [-0.2, 0) is 32.1 Å². The number of anilines is 1. The van der Waals surface area contributed by atoms with E-state index in [2.05, 4.69) is 166 Å². The minimum absolute atomic E-state index is 0. The van der Waals surface area contributed by atoms with Gasteiger partial charge < -0.3 is 43.2 Å². The van der Waals surface area contributed by atoms with E-state index in [4.69, 9.17) is 37.9 Å². The number of nitrogens with zero attached hydrogens (tertiary/aromatic N) is 8. The molecule has 17 nitrogen and oxygen atoms in total. The van der Waals surface area contributed by atoms with E-state index in [1.807, 2.05) is 43.1 Å². The van der Waals surface area contributed by atoms with Crippen LogP contribution in [0, 0.1) is 0 Å². The second kappa shape index (κ2) is 35.1. The van der Waals surface area contributed by atoms with Crippen LogP contribution in [0.2, 0.25) is 0 Å². The van der Waals surface area contributed by atoms with E-state index < -0.39 is 0 Å². The van der Waals surface area contributed by atoms with Gasteiger partial charge in [-0.25, -0.2) is 24.9 Å². The van der Waals surface area contributed by atoms with Crippen LogP contribution in [0.4, 0.5) is 5.82 Å². The number of fused-ring (bicyclic) bond motifs is 7. The highest BCUT2D eigenvalue weighted by molar-refractivity contribution is 5.56. The molecule has 0 atom stereocenters. The summed E-state index contributed by atoms with van der Waals surface area (Å²) >= 11 is 0. The highest BCUT2D eigenvalue weighted by atomic mass is 16.7.